The highest BCUT2D eigenvalue weighted by Gasteiger charge is 2.21. The van der Waals surface area contributed by atoms with E-state index in [-0.39, 0.29) is 0 Å². The van der Waals surface area contributed by atoms with Gasteiger partial charge in [0.15, 0.2) is 0 Å². The maximum Gasteiger partial charge on any atom is 0.0767 e. The predicted octanol–water partition coefficient (Wildman–Crippen LogP) is 1.93. The summed E-state index contributed by atoms with van der Waals surface area (Å²) in [5.74, 6) is 0. The van der Waals surface area contributed by atoms with E-state index in [1.165, 1.54) is 29.6 Å². The summed E-state index contributed by atoms with van der Waals surface area (Å²) in [5.41, 5.74) is 2.46. The zero-order valence-electron chi connectivity index (χ0n) is 11.5. The van der Waals surface area contributed by atoms with Crippen molar-refractivity contribution in [3.63, 3.8) is 0 Å². The number of halogens is 1. The Morgan fingerprint density at radius 2 is 2.28 bits per heavy atom. The Balaban J connectivity index is 2.07. The van der Waals surface area contributed by atoms with Crippen LogP contribution in [0.25, 0.3) is 0 Å². The van der Waals surface area contributed by atoms with Crippen LogP contribution in [0.1, 0.15) is 31.2 Å². The van der Waals surface area contributed by atoms with E-state index in [1.807, 2.05) is 11.7 Å². The number of likely N-dealkylation sites (N-methyl/N-ethyl adjacent to an activating group) is 1. The van der Waals surface area contributed by atoms with E-state index in [0.717, 1.165) is 25.2 Å². The molecule has 1 saturated heterocycles. The summed E-state index contributed by atoms with van der Waals surface area (Å²) in [7, 11) is 4.10. The topological polar surface area (TPSA) is 33.1 Å². The number of aromatic nitrogens is 2. The highest BCUT2D eigenvalue weighted by molar-refractivity contribution is 9.10. The largest absolute Gasteiger partial charge is 0.316 e. The van der Waals surface area contributed by atoms with Crippen molar-refractivity contribution < 1.29 is 0 Å². The normalized spacial score (nSPS) is 21.4. The van der Waals surface area contributed by atoms with Crippen LogP contribution in [0.3, 0.4) is 0 Å². The number of aryl methyl sites for hydroxylation is 2. The van der Waals surface area contributed by atoms with Gasteiger partial charge in [-0.15, -0.1) is 0 Å². The fraction of sp³-hybridized carbons (Fsp3) is 0.769. The molecular weight excluding hydrogens is 292 g/mol. The van der Waals surface area contributed by atoms with E-state index in [2.05, 4.69) is 45.2 Å². The standard InChI is InChI=1S/C13H23BrN4/c1-4-11-13(14)12(17(3)16-11)9-18-7-5-6-10(8-18)15-2/h10,15H,4-9H2,1-3H3. The van der Waals surface area contributed by atoms with Crippen LogP contribution in [-0.4, -0.2) is 40.9 Å². The molecule has 5 heteroatoms. The van der Waals surface area contributed by atoms with Crippen molar-refractivity contribution in [3.05, 3.63) is 15.9 Å². The molecule has 18 heavy (non-hydrogen) atoms. The SMILES string of the molecule is CCc1nn(C)c(CN2CCCC(NC)C2)c1Br. The summed E-state index contributed by atoms with van der Waals surface area (Å²) >= 11 is 3.70. The highest BCUT2D eigenvalue weighted by Crippen LogP contribution is 2.24. The van der Waals surface area contributed by atoms with Gasteiger partial charge in [-0.05, 0) is 48.8 Å². The molecule has 0 saturated carbocycles. The van der Waals surface area contributed by atoms with Gasteiger partial charge in [-0.1, -0.05) is 6.92 Å². The van der Waals surface area contributed by atoms with E-state index in [1.54, 1.807) is 0 Å². The molecule has 0 amide bonds. The Hall–Kier alpha value is -0.390. The summed E-state index contributed by atoms with van der Waals surface area (Å²) in [6.07, 6.45) is 3.55. The van der Waals surface area contributed by atoms with Gasteiger partial charge in [0.25, 0.3) is 0 Å². The van der Waals surface area contributed by atoms with Gasteiger partial charge in [0, 0.05) is 26.2 Å². The summed E-state index contributed by atoms with van der Waals surface area (Å²) in [6.45, 7) is 5.46. The number of piperidine rings is 1. The van der Waals surface area contributed by atoms with Crippen LogP contribution in [0.2, 0.25) is 0 Å². The smallest absolute Gasteiger partial charge is 0.0767 e. The molecule has 1 fully saturated rings. The number of nitrogens with zero attached hydrogens (tertiary/aromatic N) is 3. The molecule has 0 radical (unpaired) electrons. The number of nitrogens with one attached hydrogen (secondary N) is 1. The first kappa shape index (κ1) is 14.0. The fourth-order valence-corrected chi connectivity index (χ4v) is 3.38. The molecule has 1 atom stereocenters. The average Bonchev–Trinajstić information content (AvgIpc) is 2.66. The molecule has 1 aliphatic heterocycles. The molecule has 0 spiro atoms. The summed E-state index contributed by atoms with van der Waals surface area (Å²) < 4.78 is 3.21. The van der Waals surface area contributed by atoms with Crippen molar-refractivity contribution in [2.24, 2.45) is 7.05 Å². The molecule has 1 aromatic rings. The third-order valence-corrected chi connectivity index (χ3v) is 4.71. The van der Waals surface area contributed by atoms with Gasteiger partial charge >= 0.3 is 0 Å². The van der Waals surface area contributed by atoms with Gasteiger partial charge in [-0.2, -0.15) is 5.10 Å². The quantitative estimate of drug-likeness (QED) is 0.922. The van der Waals surface area contributed by atoms with E-state index in [4.69, 9.17) is 0 Å². The molecule has 1 aromatic heterocycles. The van der Waals surface area contributed by atoms with Crippen molar-refractivity contribution in [1.29, 1.82) is 0 Å². The van der Waals surface area contributed by atoms with E-state index < -0.39 is 0 Å². The van der Waals surface area contributed by atoms with Crippen molar-refractivity contribution in [3.8, 4) is 0 Å². The number of hydrogen-bond acceptors (Lipinski definition) is 3. The Labute approximate surface area is 118 Å². The van der Waals surface area contributed by atoms with Gasteiger partial charge in [0.2, 0.25) is 0 Å². The van der Waals surface area contributed by atoms with Crippen molar-refractivity contribution in [1.82, 2.24) is 20.0 Å². The van der Waals surface area contributed by atoms with Gasteiger partial charge in [0.05, 0.1) is 15.9 Å². The maximum atomic E-state index is 4.56. The molecule has 4 nitrogen and oxygen atoms in total. The fourth-order valence-electron chi connectivity index (χ4n) is 2.64. The van der Waals surface area contributed by atoms with Crippen LogP contribution in [0.5, 0.6) is 0 Å². The monoisotopic (exact) mass is 314 g/mol. The minimum atomic E-state index is 0.636. The van der Waals surface area contributed by atoms with E-state index in [0.29, 0.717) is 6.04 Å². The number of hydrogen-bond donors (Lipinski definition) is 1. The Bertz CT molecular complexity index is 402. The molecular formula is C13H23BrN4. The van der Waals surface area contributed by atoms with Crippen LogP contribution in [-0.2, 0) is 20.0 Å². The molecule has 0 aliphatic carbocycles. The zero-order valence-corrected chi connectivity index (χ0v) is 13.1. The number of rotatable bonds is 4. The minimum Gasteiger partial charge on any atom is -0.316 e. The van der Waals surface area contributed by atoms with Crippen LogP contribution < -0.4 is 5.32 Å². The van der Waals surface area contributed by atoms with Crippen molar-refractivity contribution in [2.75, 3.05) is 20.1 Å². The van der Waals surface area contributed by atoms with E-state index >= 15 is 0 Å². The number of likely N-dealkylation sites (tertiary alicyclic amines) is 1. The van der Waals surface area contributed by atoms with Crippen molar-refractivity contribution >= 4 is 15.9 Å². The minimum absolute atomic E-state index is 0.636. The van der Waals surface area contributed by atoms with Gasteiger partial charge in [0.1, 0.15) is 0 Å². The van der Waals surface area contributed by atoms with Gasteiger partial charge < -0.3 is 5.32 Å². The second-order valence-corrected chi connectivity index (χ2v) is 5.84. The Morgan fingerprint density at radius 1 is 1.50 bits per heavy atom. The second-order valence-electron chi connectivity index (χ2n) is 5.05. The molecule has 2 rings (SSSR count). The predicted molar refractivity (Wildman–Crippen MR) is 77.6 cm³/mol. The van der Waals surface area contributed by atoms with Gasteiger partial charge in [-0.3, -0.25) is 9.58 Å². The van der Waals surface area contributed by atoms with E-state index in [9.17, 15) is 0 Å². The third-order valence-electron chi connectivity index (χ3n) is 3.79. The molecule has 1 aliphatic rings. The maximum absolute atomic E-state index is 4.56. The first-order valence-electron chi connectivity index (χ1n) is 6.75. The third kappa shape index (κ3) is 2.95. The first-order chi connectivity index (χ1) is 8.65. The Morgan fingerprint density at radius 3 is 2.89 bits per heavy atom. The molecule has 102 valence electrons. The lowest BCUT2D eigenvalue weighted by atomic mass is 10.1. The van der Waals surface area contributed by atoms with Crippen LogP contribution in [0.15, 0.2) is 4.47 Å². The summed E-state index contributed by atoms with van der Waals surface area (Å²) in [5, 5.41) is 7.95. The summed E-state index contributed by atoms with van der Waals surface area (Å²) in [4.78, 5) is 2.52. The van der Waals surface area contributed by atoms with Crippen LogP contribution >= 0.6 is 15.9 Å². The lowest BCUT2D eigenvalue weighted by Crippen LogP contribution is -2.44. The first-order valence-corrected chi connectivity index (χ1v) is 7.54. The lowest BCUT2D eigenvalue weighted by Gasteiger charge is -2.32. The lowest BCUT2D eigenvalue weighted by molar-refractivity contribution is 0.183. The molecule has 0 aromatic carbocycles. The van der Waals surface area contributed by atoms with Crippen molar-refractivity contribution in [2.45, 2.75) is 38.8 Å². The zero-order chi connectivity index (χ0) is 13.1. The van der Waals surface area contributed by atoms with Crippen LogP contribution in [0.4, 0.5) is 0 Å². The summed E-state index contributed by atoms with van der Waals surface area (Å²) in [6, 6.07) is 0.636. The average molecular weight is 315 g/mol. The molecule has 1 N–H and O–H groups in total. The highest BCUT2D eigenvalue weighted by atomic mass is 79.9. The molecule has 0 bridgehead atoms. The Kier molecular flexibility index (Phi) is 4.81. The second kappa shape index (κ2) is 6.17. The molecule has 1 unspecified atom stereocenters. The molecule has 2 heterocycles. The van der Waals surface area contributed by atoms with Gasteiger partial charge in [-0.25, -0.2) is 0 Å². The van der Waals surface area contributed by atoms with Crippen LogP contribution in [0, 0.1) is 0 Å².